The molecule has 0 unspecified atom stereocenters. The Labute approximate surface area is 156 Å². The number of carbonyl (C=O) groups excluding carboxylic acids is 1. The third-order valence-electron chi connectivity index (χ3n) is 3.47. The summed E-state index contributed by atoms with van der Waals surface area (Å²) >= 11 is 6.25. The van der Waals surface area contributed by atoms with Crippen molar-refractivity contribution in [2.45, 2.75) is 0 Å². The van der Waals surface area contributed by atoms with Gasteiger partial charge in [0, 0.05) is 24.3 Å². The molecule has 0 radical (unpaired) electrons. The molecule has 1 heterocycles. The van der Waals surface area contributed by atoms with Crippen molar-refractivity contribution in [2.24, 2.45) is 0 Å². The van der Waals surface area contributed by atoms with E-state index in [0.29, 0.717) is 11.3 Å². The molecule has 3 rings (SSSR count). The lowest BCUT2D eigenvalue weighted by Gasteiger charge is -2.13. The maximum atomic E-state index is 12.7. The molecule has 26 heavy (non-hydrogen) atoms. The summed E-state index contributed by atoms with van der Waals surface area (Å²) in [5.41, 5.74) is 0.537. The molecule has 0 bridgehead atoms. The van der Waals surface area contributed by atoms with Gasteiger partial charge >= 0.3 is 0 Å². The second-order valence-corrected chi connectivity index (χ2v) is 6.82. The molecule has 130 valence electrons. The highest BCUT2D eigenvalue weighted by molar-refractivity contribution is 8.27. The normalized spacial score (nSPS) is 15.5. The largest absolute Gasteiger partial charge is 0.271 e. The molecule has 0 aliphatic carbocycles. The van der Waals surface area contributed by atoms with Crippen LogP contribution in [-0.2, 0) is 4.79 Å². The van der Waals surface area contributed by atoms with Gasteiger partial charge in [-0.05, 0) is 17.7 Å². The van der Waals surface area contributed by atoms with E-state index < -0.39 is 15.8 Å². The number of nitro benzene ring substituents is 2. The molecule has 0 saturated carbocycles. The van der Waals surface area contributed by atoms with Crippen molar-refractivity contribution >= 4 is 57.3 Å². The lowest BCUT2D eigenvalue weighted by Crippen LogP contribution is -2.27. The first-order valence-electron chi connectivity index (χ1n) is 7.13. The average molecular weight is 387 g/mol. The van der Waals surface area contributed by atoms with E-state index in [2.05, 4.69) is 0 Å². The summed E-state index contributed by atoms with van der Waals surface area (Å²) in [5, 5.41) is 21.8. The van der Waals surface area contributed by atoms with Crippen molar-refractivity contribution in [1.29, 1.82) is 0 Å². The topological polar surface area (TPSA) is 107 Å². The van der Waals surface area contributed by atoms with Crippen LogP contribution in [0.5, 0.6) is 0 Å². The summed E-state index contributed by atoms with van der Waals surface area (Å²) in [7, 11) is 0. The van der Waals surface area contributed by atoms with Crippen LogP contribution in [0.25, 0.3) is 6.08 Å². The standard InChI is InChI=1S/C16H9N3O5S2/c20-15-14(8-10-3-1-5-12(7-10)18(21)22)26-16(25)17(15)11-4-2-6-13(9-11)19(23)24/h1-9H/b14-8-. The van der Waals surface area contributed by atoms with E-state index in [1.807, 2.05) is 0 Å². The number of thioether (sulfide) groups is 1. The van der Waals surface area contributed by atoms with Gasteiger partial charge in [0.15, 0.2) is 4.32 Å². The number of rotatable bonds is 4. The van der Waals surface area contributed by atoms with E-state index in [4.69, 9.17) is 12.2 Å². The molecular weight excluding hydrogens is 378 g/mol. The van der Waals surface area contributed by atoms with Crippen LogP contribution in [0.2, 0.25) is 0 Å². The minimum atomic E-state index is -0.555. The van der Waals surface area contributed by atoms with Gasteiger partial charge in [0.25, 0.3) is 17.3 Å². The van der Waals surface area contributed by atoms with E-state index >= 15 is 0 Å². The van der Waals surface area contributed by atoms with Crippen LogP contribution in [0.3, 0.4) is 0 Å². The molecule has 0 N–H and O–H groups in total. The second-order valence-electron chi connectivity index (χ2n) is 5.15. The predicted octanol–water partition coefficient (Wildman–Crippen LogP) is 3.91. The average Bonchev–Trinajstić information content (AvgIpc) is 2.88. The number of carbonyl (C=O) groups is 1. The molecule has 0 aromatic heterocycles. The Hall–Kier alpha value is -3.11. The molecule has 10 heteroatoms. The van der Waals surface area contributed by atoms with E-state index in [1.165, 1.54) is 47.4 Å². The summed E-state index contributed by atoms with van der Waals surface area (Å²) in [4.78, 5) is 34.9. The molecule has 1 amide bonds. The molecule has 1 fully saturated rings. The van der Waals surface area contributed by atoms with Gasteiger partial charge in [0.2, 0.25) is 0 Å². The first-order valence-corrected chi connectivity index (χ1v) is 8.36. The number of thiocarbonyl (C=S) groups is 1. The van der Waals surface area contributed by atoms with Gasteiger partial charge in [-0.3, -0.25) is 29.9 Å². The maximum absolute atomic E-state index is 12.7. The van der Waals surface area contributed by atoms with Crippen molar-refractivity contribution < 1.29 is 14.6 Å². The fourth-order valence-electron chi connectivity index (χ4n) is 2.32. The SMILES string of the molecule is O=C1/C(=C/c2cccc([N+](=O)[O-])c2)SC(=S)N1c1cccc([N+](=O)[O-])c1. The Morgan fingerprint density at radius 1 is 1.00 bits per heavy atom. The van der Waals surface area contributed by atoms with Crippen LogP contribution >= 0.6 is 24.0 Å². The highest BCUT2D eigenvalue weighted by Crippen LogP contribution is 2.37. The summed E-state index contributed by atoms with van der Waals surface area (Å²) in [5.74, 6) is -0.438. The zero-order valence-electron chi connectivity index (χ0n) is 12.9. The highest BCUT2D eigenvalue weighted by Gasteiger charge is 2.34. The van der Waals surface area contributed by atoms with E-state index in [9.17, 15) is 25.0 Å². The Bertz CT molecular complexity index is 989. The van der Waals surface area contributed by atoms with Crippen molar-refractivity contribution in [3.63, 3.8) is 0 Å². The number of nitro groups is 2. The predicted molar refractivity (Wildman–Crippen MR) is 102 cm³/mol. The number of hydrogen-bond acceptors (Lipinski definition) is 7. The number of non-ortho nitro benzene ring substituents is 2. The van der Waals surface area contributed by atoms with E-state index in [1.54, 1.807) is 12.1 Å². The molecular formula is C16H9N3O5S2. The fourth-order valence-corrected chi connectivity index (χ4v) is 3.61. The lowest BCUT2D eigenvalue weighted by atomic mass is 10.2. The smallest absolute Gasteiger partial charge is 0.268 e. The fraction of sp³-hybridized carbons (Fsp3) is 0. The second kappa shape index (κ2) is 7.02. The van der Waals surface area contributed by atoms with Crippen LogP contribution in [0.1, 0.15) is 5.56 Å². The summed E-state index contributed by atoms with van der Waals surface area (Å²) in [6, 6.07) is 11.5. The Morgan fingerprint density at radius 3 is 2.27 bits per heavy atom. The van der Waals surface area contributed by atoms with Gasteiger partial charge in [-0.15, -0.1) is 0 Å². The molecule has 1 aliphatic heterocycles. The van der Waals surface area contributed by atoms with Gasteiger partial charge in [-0.25, -0.2) is 0 Å². The molecule has 1 aliphatic rings. The van der Waals surface area contributed by atoms with Gasteiger partial charge in [-0.1, -0.05) is 42.2 Å². The minimum Gasteiger partial charge on any atom is -0.268 e. The Morgan fingerprint density at radius 2 is 1.62 bits per heavy atom. The van der Waals surface area contributed by atoms with Crippen LogP contribution in [-0.4, -0.2) is 20.1 Å². The monoisotopic (exact) mass is 387 g/mol. The molecule has 2 aromatic rings. The first-order chi connectivity index (χ1) is 12.4. The van der Waals surface area contributed by atoms with Crippen LogP contribution < -0.4 is 4.90 Å². The minimum absolute atomic E-state index is 0.0899. The summed E-state index contributed by atoms with van der Waals surface area (Å²) in [6.45, 7) is 0. The van der Waals surface area contributed by atoms with Crippen LogP contribution in [0.4, 0.5) is 17.1 Å². The molecule has 1 saturated heterocycles. The maximum Gasteiger partial charge on any atom is 0.271 e. The number of nitrogens with zero attached hydrogens (tertiary/aromatic N) is 3. The van der Waals surface area contributed by atoms with Crippen molar-refractivity contribution in [3.05, 3.63) is 79.2 Å². The molecule has 0 spiro atoms. The van der Waals surface area contributed by atoms with Gasteiger partial charge in [-0.2, -0.15) is 0 Å². The first kappa shape index (κ1) is 17.7. The summed E-state index contributed by atoms with van der Waals surface area (Å²) in [6.07, 6.45) is 1.50. The molecule has 8 nitrogen and oxygen atoms in total. The molecule has 2 aromatic carbocycles. The van der Waals surface area contributed by atoms with Gasteiger partial charge < -0.3 is 0 Å². The van der Waals surface area contributed by atoms with Crippen molar-refractivity contribution in [2.75, 3.05) is 4.90 Å². The molecule has 0 atom stereocenters. The number of amides is 1. The Kier molecular flexibility index (Phi) is 4.78. The van der Waals surface area contributed by atoms with E-state index in [-0.39, 0.29) is 20.6 Å². The quantitative estimate of drug-likeness (QED) is 0.339. The Balaban J connectivity index is 1.94. The number of benzene rings is 2. The zero-order chi connectivity index (χ0) is 18.8. The summed E-state index contributed by atoms with van der Waals surface area (Å²) < 4.78 is 0.229. The lowest BCUT2D eigenvalue weighted by molar-refractivity contribution is -0.385. The third-order valence-corrected chi connectivity index (χ3v) is 4.77. The van der Waals surface area contributed by atoms with Crippen LogP contribution in [0.15, 0.2) is 53.4 Å². The van der Waals surface area contributed by atoms with Crippen molar-refractivity contribution in [1.82, 2.24) is 0 Å². The van der Waals surface area contributed by atoms with Gasteiger partial charge in [0.1, 0.15) is 0 Å². The van der Waals surface area contributed by atoms with Crippen LogP contribution in [0, 0.1) is 20.2 Å². The zero-order valence-corrected chi connectivity index (χ0v) is 14.5. The highest BCUT2D eigenvalue weighted by atomic mass is 32.2. The van der Waals surface area contributed by atoms with Crippen molar-refractivity contribution in [3.8, 4) is 0 Å². The number of hydrogen-bond donors (Lipinski definition) is 0. The van der Waals surface area contributed by atoms with Gasteiger partial charge in [0.05, 0.1) is 20.4 Å². The third kappa shape index (κ3) is 3.46. The number of anilines is 1. The van der Waals surface area contributed by atoms with E-state index in [0.717, 1.165) is 11.8 Å².